The van der Waals surface area contributed by atoms with Crippen LogP contribution >= 0.6 is 0 Å². The van der Waals surface area contributed by atoms with Gasteiger partial charge in [-0.2, -0.15) is 0 Å². The van der Waals surface area contributed by atoms with Crippen LogP contribution in [0.15, 0.2) is 30.3 Å². The summed E-state index contributed by atoms with van der Waals surface area (Å²) in [5.74, 6) is 4.76. The first kappa shape index (κ1) is 16.5. The Balaban J connectivity index is 2.86. The van der Waals surface area contributed by atoms with Gasteiger partial charge in [0.05, 0.1) is 0 Å². The third-order valence-electron chi connectivity index (χ3n) is 2.56. The molecule has 0 saturated carbocycles. The van der Waals surface area contributed by atoms with E-state index in [9.17, 15) is 0 Å². The SMILES string of the molecule is C#CC(C)(C)OC(OC(C)(C)C#C)[Si]c1ccccc1. The second kappa shape index (κ2) is 6.77. The third kappa shape index (κ3) is 5.63. The highest BCUT2D eigenvalue weighted by atomic mass is 28.2. The lowest BCUT2D eigenvalue weighted by Gasteiger charge is -2.31. The predicted molar refractivity (Wildman–Crippen MR) is 83.6 cm³/mol. The van der Waals surface area contributed by atoms with E-state index in [4.69, 9.17) is 22.3 Å². The maximum atomic E-state index is 5.89. The third-order valence-corrected chi connectivity index (χ3v) is 3.69. The summed E-state index contributed by atoms with van der Waals surface area (Å²) >= 11 is 0. The van der Waals surface area contributed by atoms with E-state index in [1.807, 2.05) is 58.0 Å². The lowest BCUT2D eigenvalue weighted by Crippen LogP contribution is -2.43. The maximum absolute atomic E-state index is 5.89. The zero-order chi connectivity index (χ0) is 15.2. The van der Waals surface area contributed by atoms with Crippen molar-refractivity contribution in [3.05, 3.63) is 30.3 Å². The molecule has 0 aliphatic rings. The van der Waals surface area contributed by atoms with E-state index in [0.717, 1.165) is 5.19 Å². The largest absolute Gasteiger partial charge is 0.338 e. The van der Waals surface area contributed by atoms with Crippen molar-refractivity contribution in [3.63, 3.8) is 0 Å². The molecule has 0 atom stereocenters. The highest BCUT2D eigenvalue weighted by molar-refractivity contribution is 6.54. The van der Waals surface area contributed by atoms with Crippen LogP contribution in [-0.4, -0.2) is 26.6 Å². The highest BCUT2D eigenvalue weighted by Crippen LogP contribution is 2.17. The van der Waals surface area contributed by atoms with Crippen molar-refractivity contribution in [2.24, 2.45) is 0 Å². The Labute approximate surface area is 124 Å². The second-order valence-corrected chi connectivity index (χ2v) is 6.72. The van der Waals surface area contributed by atoms with Gasteiger partial charge in [0.2, 0.25) is 0 Å². The van der Waals surface area contributed by atoms with Crippen LogP contribution in [0, 0.1) is 24.7 Å². The van der Waals surface area contributed by atoms with Gasteiger partial charge in [0.15, 0.2) is 9.52 Å². The first-order chi connectivity index (χ1) is 9.28. The zero-order valence-electron chi connectivity index (χ0n) is 12.4. The second-order valence-electron chi connectivity index (χ2n) is 5.39. The van der Waals surface area contributed by atoms with Gasteiger partial charge in [-0.25, -0.2) is 0 Å². The summed E-state index contributed by atoms with van der Waals surface area (Å²) in [6, 6.07) is 10.0. The van der Waals surface area contributed by atoms with Crippen LogP contribution in [0.5, 0.6) is 0 Å². The van der Waals surface area contributed by atoms with Gasteiger partial charge >= 0.3 is 0 Å². The van der Waals surface area contributed by atoms with Gasteiger partial charge in [0.1, 0.15) is 17.1 Å². The van der Waals surface area contributed by atoms with Crippen LogP contribution in [0.3, 0.4) is 0 Å². The fourth-order valence-corrected chi connectivity index (χ4v) is 2.72. The van der Waals surface area contributed by atoms with E-state index in [0.29, 0.717) is 9.52 Å². The molecule has 1 rings (SSSR count). The number of benzene rings is 1. The molecule has 0 unspecified atom stereocenters. The minimum absolute atomic E-state index is 0.313. The van der Waals surface area contributed by atoms with E-state index in [-0.39, 0.29) is 0 Å². The van der Waals surface area contributed by atoms with Crippen molar-refractivity contribution in [2.75, 3.05) is 0 Å². The molecular formula is C17H20O2Si. The number of hydrogen-bond acceptors (Lipinski definition) is 2. The van der Waals surface area contributed by atoms with Gasteiger partial charge in [-0.05, 0) is 27.7 Å². The molecule has 0 saturated heterocycles. The van der Waals surface area contributed by atoms with Crippen molar-refractivity contribution in [1.29, 1.82) is 0 Å². The zero-order valence-corrected chi connectivity index (χ0v) is 13.4. The lowest BCUT2D eigenvalue weighted by molar-refractivity contribution is -0.172. The Bertz CT molecular complexity index is 478. The average molecular weight is 284 g/mol. The number of terminal acetylenes is 2. The Kier molecular flexibility index (Phi) is 5.59. The van der Waals surface area contributed by atoms with Crippen LogP contribution < -0.4 is 5.19 Å². The van der Waals surface area contributed by atoms with Gasteiger partial charge in [-0.15, -0.1) is 12.8 Å². The molecule has 0 N–H and O–H groups in total. The van der Waals surface area contributed by atoms with E-state index in [1.54, 1.807) is 0 Å². The Morgan fingerprint density at radius 2 is 1.40 bits per heavy atom. The molecule has 0 bridgehead atoms. The molecule has 0 aliphatic heterocycles. The fourth-order valence-electron chi connectivity index (χ4n) is 1.36. The Hall–Kier alpha value is -1.52. The molecule has 20 heavy (non-hydrogen) atoms. The summed E-state index contributed by atoms with van der Waals surface area (Å²) in [4.78, 5) is 0. The summed E-state index contributed by atoms with van der Waals surface area (Å²) in [5, 5.41) is 1.14. The molecule has 0 fully saturated rings. The van der Waals surface area contributed by atoms with E-state index < -0.39 is 17.1 Å². The molecule has 0 aliphatic carbocycles. The average Bonchev–Trinajstić information content (AvgIpc) is 2.39. The summed E-state index contributed by atoms with van der Waals surface area (Å²) in [5.41, 5.74) is -1.39. The van der Waals surface area contributed by atoms with E-state index >= 15 is 0 Å². The van der Waals surface area contributed by atoms with E-state index in [2.05, 4.69) is 11.8 Å². The van der Waals surface area contributed by atoms with Crippen LogP contribution in [0.4, 0.5) is 0 Å². The molecule has 0 amide bonds. The first-order valence-electron chi connectivity index (χ1n) is 6.41. The molecule has 2 radical (unpaired) electrons. The monoisotopic (exact) mass is 284 g/mol. The van der Waals surface area contributed by atoms with Gasteiger partial charge in [-0.1, -0.05) is 47.4 Å². The van der Waals surface area contributed by atoms with Crippen LogP contribution in [0.2, 0.25) is 0 Å². The molecule has 0 heterocycles. The Morgan fingerprint density at radius 1 is 0.950 bits per heavy atom. The predicted octanol–water partition coefficient (Wildman–Crippen LogP) is 2.16. The van der Waals surface area contributed by atoms with Crippen LogP contribution in [-0.2, 0) is 9.47 Å². The van der Waals surface area contributed by atoms with Crippen molar-refractivity contribution in [1.82, 2.24) is 0 Å². The number of hydrogen-bond donors (Lipinski definition) is 0. The maximum Gasteiger partial charge on any atom is 0.157 e. The molecule has 0 spiro atoms. The summed E-state index contributed by atoms with van der Waals surface area (Å²) in [7, 11) is 0.313. The molecular weight excluding hydrogens is 264 g/mol. The normalized spacial score (nSPS) is 11.9. The summed E-state index contributed by atoms with van der Waals surface area (Å²) < 4.78 is 11.8. The van der Waals surface area contributed by atoms with Crippen molar-refractivity contribution < 1.29 is 9.47 Å². The first-order valence-corrected chi connectivity index (χ1v) is 7.48. The fraction of sp³-hybridized carbons (Fsp3) is 0.412. The lowest BCUT2D eigenvalue weighted by atomic mass is 10.1. The Morgan fingerprint density at radius 3 is 1.80 bits per heavy atom. The number of rotatable bonds is 6. The summed E-state index contributed by atoms with van der Waals surface area (Å²) in [6.45, 7) is 7.34. The minimum Gasteiger partial charge on any atom is -0.338 e. The standard InChI is InChI=1S/C17H20O2Si/c1-7-16(3,4)18-15(19-17(5,6)8-2)20-14-12-10-9-11-13-14/h1-2,9-13,15H,3-6H3. The number of ether oxygens (including phenoxy) is 2. The van der Waals surface area contributed by atoms with Crippen molar-refractivity contribution in [3.8, 4) is 24.7 Å². The molecule has 3 heteroatoms. The molecule has 104 valence electrons. The van der Waals surface area contributed by atoms with Crippen molar-refractivity contribution >= 4 is 14.7 Å². The molecule has 0 aromatic heterocycles. The highest BCUT2D eigenvalue weighted by Gasteiger charge is 2.28. The van der Waals surface area contributed by atoms with Gasteiger partial charge < -0.3 is 9.47 Å². The van der Waals surface area contributed by atoms with Crippen molar-refractivity contribution in [2.45, 2.75) is 44.8 Å². The van der Waals surface area contributed by atoms with Gasteiger partial charge in [0, 0.05) is 0 Å². The van der Waals surface area contributed by atoms with Gasteiger partial charge in [0.25, 0.3) is 0 Å². The molecule has 1 aromatic rings. The van der Waals surface area contributed by atoms with Gasteiger partial charge in [-0.3, -0.25) is 0 Å². The van der Waals surface area contributed by atoms with Crippen LogP contribution in [0.25, 0.3) is 0 Å². The van der Waals surface area contributed by atoms with E-state index in [1.165, 1.54) is 0 Å². The topological polar surface area (TPSA) is 18.5 Å². The summed E-state index contributed by atoms with van der Waals surface area (Å²) in [6.07, 6.45) is 11.0. The quantitative estimate of drug-likeness (QED) is 0.453. The van der Waals surface area contributed by atoms with Crippen LogP contribution in [0.1, 0.15) is 27.7 Å². The minimum atomic E-state index is -0.697. The smallest absolute Gasteiger partial charge is 0.157 e. The molecule has 1 aromatic carbocycles. The molecule has 2 nitrogen and oxygen atoms in total.